The van der Waals surface area contributed by atoms with Crippen LogP contribution in [-0.2, 0) is 11.3 Å². The highest BCUT2D eigenvalue weighted by molar-refractivity contribution is 6.30. The number of hydrogen-bond donors (Lipinski definition) is 1. The van der Waals surface area contributed by atoms with Crippen molar-refractivity contribution in [3.05, 3.63) is 76.8 Å². The predicted octanol–water partition coefficient (Wildman–Crippen LogP) is 4.72. The molecule has 2 aromatic carbocycles. The summed E-state index contributed by atoms with van der Waals surface area (Å²) < 4.78 is 0. The van der Waals surface area contributed by atoms with Crippen molar-refractivity contribution in [2.75, 3.05) is 13.1 Å². The lowest BCUT2D eigenvalue weighted by Gasteiger charge is -2.30. The molecule has 0 bridgehead atoms. The molecule has 0 aromatic heterocycles. The molecule has 3 nitrogen and oxygen atoms in total. The summed E-state index contributed by atoms with van der Waals surface area (Å²) in [4.78, 5) is 14.8. The summed E-state index contributed by atoms with van der Waals surface area (Å²) in [5, 5.41) is 10.8. The van der Waals surface area contributed by atoms with Gasteiger partial charge in [0.25, 0.3) is 0 Å². The summed E-state index contributed by atoms with van der Waals surface area (Å²) in [5.41, 5.74) is 1.91. The van der Waals surface area contributed by atoms with Gasteiger partial charge >= 0.3 is 0 Å². The summed E-state index contributed by atoms with van der Waals surface area (Å²) >= 11 is 5.84. The molecule has 0 radical (unpaired) electrons. The van der Waals surface area contributed by atoms with E-state index in [2.05, 4.69) is 29.2 Å². The van der Waals surface area contributed by atoms with E-state index in [-0.39, 0.29) is 17.5 Å². The lowest BCUT2D eigenvalue weighted by atomic mass is 9.91. The Balaban J connectivity index is 1.54. The average molecular weight is 356 g/mol. The molecule has 1 fully saturated rings. The van der Waals surface area contributed by atoms with Crippen molar-refractivity contribution in [1.29, 1.82) is 0 Å². The molecule has 3 rings (SSSR count). The number of carbonyl (C=O) groups excluding carboxylic acids is 1. The van der Waals surface area contributed by atoms with E-state index in [1.165, 1.54) is 11.6 Å². The van der Waals surface area contributed by atoms with Crippen LogP contribution in [0.3, 0.4) is 0 Å². The van der Waals surface area contributed by atoms with Crippen molar-refractivity contribution in [2.24, 2.45) is 5.92 Å². The first-order chi connectivity index (χ1) is 12.1. The highest BCUT2D eigenvalue weighted by atomic mass is 35.5. The standard InChI is InChI=1S/C21H22ClNO2/c22-19-8-6-17(7-9-19)20(24)14-21(25)18-10-12-23(13-11-18)15-16-4-2-1-3-5-16/h1-9,14,18,24H,10-13,15H2/b20-14-. The summed E-state index contributed by atoms with van der Waals surface area (Å²) in [6, 6.07) is 17.2. The smallest absolute Gasteiger partial charge is 0.162 e. The van der Waals surface area contributed by atoms with Gasteiger partial charge in [-0.2, -0.15) is 0 Å². The second-order valence-electron chi connectivity index (χ2n) is 6.47. The van der Waals surface area contributed by atoms with Crippen LogP contribution in [0.5, 0.6) is 0 Å². The van der Waals surface area contributed by atoms with Gasteiger partial charge in [-0.25, -0.2) is 0 Å². The minimum absolute atomic E-state index is 0.00631. The van der Waals surface area contributed by atoms with Gasteiger partial charge < -0.3 is 5.11 Å². The first kappa shape index (κ1) is 17.7. The SMILES string of the molecule is O=C(/C=C(\O)c1ccc(Cl)cc1)C1CCN(Cc2ccccc2)CC1. The molecular formula is C21H22ClNO2. The minimum Gasteiger partial charge on any atom is -0.507 e. The highest BCUT2D eigenvalue weighted by Crippen LogP contribution is 2.22. The molecule has 0 spiro atoms. The van der Waals surface area contributed by atoms with Gasteiger partial charge in [-0.3, -0.25) is 9.69 Å². The average Bonchev–Trinajstić information content (AvgIpc) is 2.63. The molecule has 1 aliphatic heterocycles. The van der Waals surface area contributed by atoms with E-state index in [4.69, 9.17) is 11.6 Å². The van der Waals surface area contributed by atoms with Crippen molar-refractivity contribution in [3.63, 3.8) is 0 Å². The van der Waals surface area contributed by atoms with Gasteiger partial charge in [-0.1, -0.05) is 41.9 Å². The number of piperidine rings is 1. The summed E-state index contributed by atoms with van der Waals surface area (Å²) in [5.74, 6) is 0.00154. The maximum Gasteiger partial charge on any atom is 0.162 e. The van der Waals surface area contributed by atoms with Crippen LogP contribution in [0.4, 0.5) is 0 Å². The third kappa shape index (κ3) is 4.94. The van der Waals surface area contributed by atoms with Crippen LogP contribution in [0.25, 0.3) is 5.76 Å². The van der Waals surface area contributed by atoms with E-state index in [1.807, 2.05) is 6.07 Å². The Morgan fingerprint density at radius 2 is 1.72 bits per heavy atom. The number of rotatable bonds is 5. The molecule has 1 N–H and O–H groups in total. The molecule has 0 saturated carbocycles. The van der Waals surface area contributed by atoms with Crippen molar-refractivity contribution >= 4 is 23.1 Å². The summed E-state index contributed by atoms with van der Waals surface area (Å²) in [7, 11) is 0. The van der Waals surface area contributed by atoms with E-state index < -0.39 is 0 Å². The number of benzene rings is 2. The Hall–Kier alpha value is -2.10. The molecule has 1 heterocycles. The molecule has 4 heteroatoms. The van der Waals surface area contributed by atoms with Gasteiger partial charge in [0.05, 0.1) is 0 Å². The van der Waals surface area contributed by atoms with Gasteiger partial charge in [0, 0.05) is 29.1 Å². The van der Waals surface area contributed by atoms with Crippen LogP contribution in [0.2, 0.25) is 5.02 Å². The monoisotopic (exact) mass is 355 g/mol. The zero-order valence-corrected chi connectivity index (χ0v) is 14.8. The van der Waals surface area contributed by atoms with E-state index in [0.29, 0.717) is 10.6 Å². The third-order valence-electron chi connectivity index (χ3n) is 4.66. The van der Waals surface area contributed by atoms with Crippen LogP contribution in [0, 0.1) is 5.92 Å². The van der Waals surface area contributed by atoms with E-state index in [1.54, 1.807) is 24.3 Å². The number of halogens is 1. The second-order valence-corrected chi connectivity index (χ2v) is 6.91. The topological polar surface area (TPSA) is 40.5 Å². The van der Waals surface area contributed by atoms with Gasteiger partial charge in [0.15, 0.2) is 5.78 Å². The van der Waals surface area contributed by atoms with Gasteiger partial charge in [0.2, 0.25) is 0 Å². The molecule has 1 saturated heterocycles. The summed E-state index contributed by atoms with van der Waals surface area (Å²) in [6.07, 6.45) is 3.02. The first-order valence-electron chi connectivity index (χ1n) is 8.58. The number of allylic oxidation sites excluding steroid dienone is 1. The second kappa shape index (κ2) is 8.32. The molecule has 130 valence electrons. The zero-order chi connectivity index (χ0) is 17.6. The van der Waals surface area contributed by atoms with Gasteiger partial charge in [-0.15, -0.1) is 0 Å². The van der Waals surface area contributed by atoms with Gasteiger partial charge in [-0.05, 0) is 55.8 Å². The molecular weight excluding hydrogens is 334 g/mol. The van der Waals surface area contributed by atoms with Crippen LogP contribution < -0.4 is 0 Å². The number of nitrogens with zero attached hydrogens (tertiary/aromatic N) is 1. The highest BCUT2D eigenvalue weighted by Gasteiger charge is 2.24. The Bertz CT molecular complexity index is 732. The van der Waals surface area contributed by atoms with Crippen LogP contribution in [-0.4, -0.2) is 28.9 Å². The van der Waals surface area contributed by atoms with Crippen LogP contribution >= 0.6 is 11.6 Å². The summed E-state index contributed by atoms with van der Waals surface area (Å²) in [6.45, 7) is 2.73. The largest absolute Gasteiger partial charge is 0.507 e. The van der Waals surface area contributed by atoms with E-state index >= 15 is 0 Å². The molecule has 0 atom stereocenters. The fourth-order valence-corrected chi connectivity index (χ4v) is 3.30. The minimum atomic E-state index is -0.0125. The normalized spacial score (nSPS) is 16.8. The van der Waals surface area contributed by atoms with Crippen molar-refractivity contribution in [2.45, 2.75) is 19.4 Å². The van der Waals surface area contributed by atoms with Crippen LogP contribution in [0.15, 0.2) is 60.7 Å². The third-order valence-corrected chi connectivity index (χ3v) is 4.91. The Labute approximate surface area is 153 Å². The first-order valence-corrected chi connectivity index (χ1v) is 8.96. The van der Waals surface area contributed by atoms with Crippen molar-refractivity contribution < 1.29 is 9.90 Å². The lowest BCUT2D eigenvalue weighted by molar-refractivity contribution is -0.119. The molecule has 2 aromatic rings. The predicted molar refractivity (Wildman–Crippen MR) is 102 cm³/mol. The van der Waals surface area contributed by atoms with E-state index in [9.17, 15) is 9.90 Å². The Morgan fingerprint density at radius 3 is 2.36 bits per heavy atom. The maximum atomic E-state index is 12.4. The van der Waals surface area contributed by atoms with Crippen LogP contribution in [0.1, 0.15) is 24.0 Å². The van der Waals surface area contributed by atoms with Gasteiger partial charge in [0.1, 0.15) is 5.76 Å². The van der Waals surface area contributed by atoms with Crippen molar-refractivity contribution in [3.8, 4) is 0 Å². The number of carbonyl (C=O) groups is 1. The van der Waals surface area contributed by atoms with E-state index in [0.717, 1.165) is 32.5 Å². The van der Waals surface area contributed by atoms with Crippen molar-refractivity contribution in [1.82, 2.24) is 4.90 Å². The Kier molecular flexibility index (Phi) is 5.90. The molecule has 0 unspecified atom stereocenters. The fraction of sp³-hybridized carbons (Fsp3) is 0.286. The zero-order valence-electron chi connectivity index (χ0n) is 14.1. The number of ketones is 1. The molecule has 25 heavy (non-hydrogen) atoms. The number of aliphatic hydroxyl groups excluding tert-OH is 1. The molecule has 0 aliphatic carbocycles. The number of aliphatic hydroxyl groups is 1. The maximum absolute atomic E-state index is 12.4. The molecule has 1 aliphatic rings. The number of hydrogen-bond acceptors (Lipinski definition) is 3. The number of likely N-dealkylation sites (tertiary alicyclic amines) is 1. The Morgan fingerprint density at radius 1 is 1.08 bits per heavy atom. The fourth-order valence-electron chi connectivity index (χ4n) is 3.17. The lowest BCUT2D eigenvalue weighted by Crippen LogP contribution is -2.35. The quantitative estimate of drug-likeness (QED) is 0.623. The molecule has 0 amide bonds.